The second kappa shape index (κ2) is 4.59. The predicted molar refractivity (Wildman–Crippen MR) is 72.1 cm³/mol. The number of fused-ring (bicyclic) bond motifs is 1. The Balaban J connectivity index is 2.04. The molecule has 6 heteroatoms. The van der Waals surface area contributed by atoms with Crippen molar-refractivity contribution in [2.24, 2.45) is 0 Å². The molecule has 21 heavy (non-hydrogen) atoms. The van der Waals surface area contributed by atoms with E-state index >= 15 is 0 Å². The van der Waals surface area contributed by atoms with Gasteiger partial charge in [0.2, 0.25) is 0 Å². The monoisotopic (exact) mass is 288 g/mol. The lowest BCUT2D eigenvalue weighted by Crippen LogP contribution is -2.26. The molecule has 0 radical (unpaired) electrons. The molecule has 1 atom stereocenters. The molecule has 0 saturated carbocycles. The van der Waals surface area contributed by atoms with Crippen molar-refractivity contribution in [3.8, 4) is 28.7 Å². The van der Waals surface area contributed by atoms with Gasteiger partial charge >= 0.3 is 0 Å². The maximum atomic E-state index is 12.5. The highest BCUT2D eigenvalue weighted by Gasteiger charge is 2.33. The van der Waals surface area contributed by atoms with Gasteiger partial charge in [0.1, 0.15) is 29.4 Å². The van der Waals surface area contributed by atoms with Crippen molar-refractivity contribution in [2.45, 2.75) is 5.92 Å². The number of ether oxygens (including phenoxy) is 1. The van der Waals surface area contributed by atoms with E-state index in [0.717, 1.165) is 6.07 Å². The number of Topliss-reactive ketones (excluding diaryl/α,β-unsaturated/α-hetero) is 1. The van der Waals surface area contributed by atoms with Gasteiger partial charge in [-0.2, -0.15) is 0 Å². The Bertz CT molecular complexity index is 737. The number of benzene rings is 2. The average molecular weight is 288 g/mol. The Morgan fingerprint density at radius 2 is 1.71 bits per heavy atom. The standard InChI is InChI=1S/C15H12O6/c16-8-4-12(19)14-13(5-8)21-6-9(15(14)20)7-1-2-10(17)11(18)3-7/h1-5,9,16-19H,6H2. The summed E-state index contributed by atoms with van der Waals surface area (Å²) in [6.45, 7) is 0.0128. The first-order valence-corrected chi connectivity index (χ1v) is 6.22. The zero-order valence-corrected chi connectivity index (χ0v) is 10.8. The van der Waals surface area contributed by atoms with Crippen molar-refractivity contribution >= 4 is 5.78 Å². The molecule has 4 N–H and O–H groups in total. The van der Waals surface area contributed by atoms with Crippen LogP contribution in [0.2, 0.25) is 0 Å². The molecule has 0 spiro atoms. The highest BCUT2D eigenvalue weighted by atomic mass is 16.5. The number of ketones is 1. The lowest BCUT2D eigenvalue weighted by atomic mass is 9.88. The SMILES string of the molecule is O=C1c2c(O)cc(O)cc2OCC1c1ccc(O)c(O)c1. The first kappa shape index (κ1) is 13.1. The van der Waals surface area contributed by atoms with E-state index in [-0.39, 0.29) is 46.7 Å². The number of carbonyl (C=O) groups excluding carboxylic acids is 1. The van der Waals surface area contributed by atoms with E-state index in [4.69, 9.17) is 4.74 Å². The molecule has 108 valence electrons. The summed E-state index contributed by atoms with van der Waals surface area (Å²) < 4.78 is 5.41. The largest absolute Gasteiger partial charge is 0.508 e. The molecule has 1 aliphatic rings. The maximum Gasteiger partial charge on any atom is 0.181 e. The Kier molecular flexibility index (Phi) is 2.86. The molecule has 6 nitrogen and oxygen atoms in total. The van der Waals surface area contributed by atoms with Crippen molar-refractivity contribution in [3.63, 3.8) is 0 Å². The Hall–Kier alpha value is -2.89. The fourth-order valence-corrected chi connectivity index (χ4v) is 2.38. The van der Waals surface area contributed by atoms with Gasteiger partial charge < -0.3 is 25.2 Å². The minimum Gasteiger partial charge on any atom is -0.508 e. The van der Waals surface area contributed by atoms with Crippen molar-refractivity contribution in [1.29, 1.82) is 0 Å². The van der Waals surface area contributed by atoms with Crippen molar-refractivity contribution in [3.05, 3.63) is 41.5 Å². The number of hydrogen-bond acceptors (Lipinski definition) is 6. The molecule has 0 bridgehead atoms. The number of rotatable bonds is 1. The third-order valence-electron chi connectivity index (χ3n) is 3.44. The molecule has 2 aromatic carbocycles. The van der Waals surface area contributed by atoms with Gasteiger partial charge in [-0.25, -0.2) is 0 Å². The smallest absolute Gasteiger partial charge is 0.181 e. The van der Waals surface area contributed by atoms with Gasteiger partial charge in [-0.3, -0.25) is 4.79 Å². The van der Waals surface area contributed by atoms with Crippen molar-refractivity contribution in [2.75, 3.05) is 6.61 Å². The lowest BCUT2D eigenvalue weighted by Gasteiger charge is -2.25. The third kappa shape index (κ3) is 2.10. The van der Waals surface area contributed by atoms with Gasteiger partial charge in [-0.1, -0.05) is 6.07 Å². The van der Waals surface area contributed by atoms with E-state index in [0.29, 0.717) is 5.56 Å². The Morgan fingerprint density at radius 1 is 0.952 bits per heavy atom. The summed E-state index contributed by atoms with van der Waals surface area (Å²) in [7, 11) is 0. The summed E-state index contributed by atoms with van der Waals surface area (Å²) in [6, 6.07) is 6.39. The van der Waals surface area contributed by atoms with Crippen LogP contribution in [-0.2, 0) is 0 Å². The zero-order chi connectivity index (χ0) is 15.1. The van der Waals surface area contributed by atoms with Crippen LogP contribution >= 0.6 is 0 Å². The molecular formula is C15H12O6. The fourth-order valence-electron chi connectivity index (χ4n) is 2.38. The second-order valence-corrected chi connectivity index (χ2v) is 4.81. The van der Waals surface area contributed by atoms with Gasteiger partial charge in [0, 0.05) is 12.1 Å². The minimum absolute atomic E-state index is 0.00313. The van der Waals surface area contributed by atoms with E-state index in [2.05, 4.69) is 0 Å². The number of carbonyl (C=O) groups is 1. The first-order chi connectivity index (χ1) is 9.97. The molecule has 0 aliphatic carbocycles. The summed E-state index contributed by atoms with van der Waals surface area (Å²) in [5, 5.41) is 38.0. The molecule has 3 rings (SSSR count). The summed E-state index contributed by atoms with van der Waals surface area (Å²) in [6.07, 6.45) is 0. The van der Waals surface area contributed by atoms with Crippen LogP contribution in [0, 0.1) is 0 Å². The van der Waals surface area contributed by atoms with Gasteiger partial charge in [0.05, 0.1) is 5.92 Å². The molecule has 0 aromatic heterocycles. The van der Waals surface area contributed by atoms with Gasteiger partial charge in [-0.05, 0) is 17.7 Å². The molecule has 2 aromatic rings. The third-order valence-corrected chi connectivity index (χ3v) is 3.44. The predicted octanol–water partition coefficient (Wildman–Crippen LogP) is 1.87. The van der Waals surface area contributed by atoms with Crippen LogP contribution in [0.25, 0.3) is 0 Å². The molecule has 1 unspecified atom stereocenters. The average Bonchev–Trinajstić information content (AvgIpc) is 2.41. The molecule has 1 heterocycles. The van der Waals surface area contributed by atoms with Gasteiger partial charge in [0.15, 0.2) is 17.3 Å². The zero-order valence-electron chi connectivity index (χ0n) is 10.8. The molecule has 0 amide bonds. The molecule has 1 aliphatic heterocycles. The van der Waals surface area contributed by atoms with E-state index < -0.39 is 5.92 Å². The van der Waals surface area contributed by atoms with Crippen LogP contribution in [-0.4, -0.2) is 32.8 Å². The van der Waals surface area contributed by atoms with Crippen LogP contribution in [0.1, 0.15) is 21.8 Å². The summed E-state index contributed by atoms with van der Waals surface area (Å²) >= 11 is 0. The molecule has 0 fully saturated rings. The van der Waals surface area contributed by atoms with Crippen LogP contribution < -0.4 is 4.74 Å². The number of aromatic hydroxyl groups is 4. The van der Waals surface area contributed by atoms with Gasteiger partial charge in [-0.15, -0.1) is 0 Å². The Morgan fingerprint density at radius 3 is 2.43 bits per heavy atom. The van der Waals surface area contributed by atoms with E-state index in [9.17, 15) is 25.2 Å². The summed E-state index contributed by atoms with van der Waals surface area (Å²) in [5.41, 5.74) is 0.463. The van der Waals surface area contributed by atoms with Gasteiger partial charge in [0.25, 0.3) is 0 Å². The second-order valence-electron chi connectivity index (χ2n) is 4.81. The fraction of sp³-hybridized carbons (Fsp3) is 0.133. The number of hydrogen-bond donors (Lipinski definition) is 4. The first-order valence-electron chi connectivity index (χ1n) is 6.22. The van der Waals surface area contributed by atoms with Crippen molar-refractivity contribution < 1.29 is 30.0 Å². The quantitative estimate of drug-likeness (QED) is 0.597. The highest BCUT2D eigenvalue weighted by molar-refractivity contribution is 6.06. The number of phenols is 4. The van der Waals surface area contributed by atoms with Crippen LogP contribution in [0.5, 0.6) is 28.7 Å². The van der Waals surface area contributed by atoms with Crippen LogP contribution in [0.3, 0.4) is 0 Å². The maximum absolute atomic E-state index is 12.5. The minimum atomic E-state index is -0.709. The molecular weight excluding hydrogens is 276 g/mol. The summed E-state index contributed by atoms with van der Waals surface area (Å²) in [4.78, 5) is 12.5. The van der Waals surface area contributed by atoms with E-state index in [1.54, 1.807) is 0 Å². The number of phenolic OH excluding ortho intramolecular Hbond substituents is 4. The summed E-state index contributed by atoms with van der Waals surface area (Å²) in [5.74, 6) is -2.13. The van der Waals surface area contributed by atoms with Crippen molar-refractivity contribution in [1.82, 2.24) is 0 Å². The molecule has 0 saturated heterocycles. The van der Waals surface area contributed by atoms with E-state index in [1.807, 2.05) is 0 Å². The normalized spacial score (nSPS) is 17.1. The Labute approximate surface area is 119 Å². The highest BCUT2D eigenvalue weighted by Crippen LogP contribution is 2.41. The topological polar surface area (TPSA) is 107 Å². The lowest BCUT2D eigenvalue weighted by molar-refractivity contribution is 0.0892. The van der Waals surface area contributed by atoms with Crippen LogP contribution in [0.15, 0.2) is 30.3 Å². The van der Waals surface area contributed by atoms with E-state index in [1.165, 1.54) is 24.3 Å². The van der Waals surface area contributed by atoms with Crippen LogP contribution in [0.4, 0.5) is 0 Å².